The van der Waals surface area contributed by atoms with Gasteiger partial charge in [-0.05, 0) is 12.8 Å². The molecule has 9 heteroatoms. The molecule has 0 heterocycles. The van der Waals surface area contributed by atoms with E-state index < -0.39 is 20.0 Å². The summed E-state index contributed by atoms with van der Waals surface area (Å²) in [4.78, 5) is 22.5. The van der Waals surface area contributed by atoms with Gasteiger partial charge >= 0.3 is 7.82 Å². The maximum absolute atomic E-state index is 12.6. The predicted octanol–water partition coefficient (Wildman–Crippen LogP) is 8.72. The first-order chi connectivity index (χ1) is 20.4. The average Bonchev–Trinajstić information content (AvgIpc) is 2.97. The third-order valence-corrected chi connectivity index (χ3v) is 8.95. The molecule has 0 aromatic rings. The molecule has 0 saturated carbocycles. The van der Waals surface area contributed by atoms with Crippen molar-refractivity contribution < 1.29 is 28.4 Å². The number of hydrogen-bond donors (Lipinski definition) is 4. The lowest BCUT2D eigenvalue weighted by molar-refractivity contribution is -0.123. The van der Waals surface area contributed by atoms with Crippen molar-refractivity contribution in [2.75, 3.05) is 19.8 Å². The van der Waals surface area contributed by atoms with E-state index in [0.29, 0.717) is 12.8 Å². The highest BCUT2D eigenvalue weighted by Gasteiger charge is 2.27. The molecule has 0 aliphatic carbocycles. The summed E-state index contributed by atoms with van der Waals surface area (Å²) in [5, 5.41) is 13.6. The van der Waals surface area contributed by atoms with Gasteiger partial charge in [-0.1, -0.05) is 155 Å². The highest BCUT2D eigenvalue weighted by atomic mass is 31.2. The molecule has 42 heavy (non-hydrogen) atoms. The van der Waals surface area contributed by atoms with Crippen molar-refractivity contribution in [1.29, 1.82) is 0 Å². The van der Waals surface area contributed by atoms with Crippen LogP contribution in [0, 0.1) is 0 Å². The van der Waals surface area contributed by atoms with Crippen LogP contribution < -0.4 is 11.1 Å². The second-order valence-corrected chi connectivity index (χ2v) is 13.5. The summed E-state index contributed by atoms with van der Waals surface area (Å²) in [5.41, 5.74) is 5.34. The van der Waals surface area contributed by atoms with Crippen molar-refractivity contribution in [3.05, 3.63) is 0 Å². The van der Waals surface area contributed by atoms with Crippen LogP contribution in [0.4, 0.5) is 0 Å². The molecule has 0 aliphatic rings. The van der Waals surface area contributed by atoms with Crippen LogP contribution in [0.15, 0.2) is 0 Å². The molecule has 1 amide bonds. The van der Waals surface area contributed by atoms with Crippen molar-refractivity contribution in [1.82, 2.24) is 5.32 Å². The standard InChI is InChI=1S/C33H69N2O6P/c1-3-5-7-9-11-13-14-15-16-17-19-21-23-25-27-33(37)35-31(30-41-42(38,39)40-29-28-34)32(36)26-24-22-20-18-12-10-8-6-4-2/h31-32,36H,3-30,34H2,1-2H3,(H,35,37)(H,38,39)/t31-,32+/m0/s1. The van der Waals surface area contributed by atoms with Crippen LogP contribution in [0.3, 0.4) is 0 Å². The molecule has 0 aromatic heterocycles. The van der Waals surface area contributed by atoms with Gasteiger partial charge in [0.2, 0.25) is 5.91 Å². The highest BCUT2D eigenvalue weighted by Crippen LogP contribution is 2.43. The zero-order chi connectivity index (χ0) is 31.2. The van der Waals surface area contributed by atoms with Crippen LogP contribution in [0.25, 0.3) is 0 Å². The van der Waals surface area contributed by atoms with Gasteiger partial charge in [0.1, 0.15) is 0 Å². The average molecular weight is 621 g/mol. The molecular formula is C33H69N2O6P. The topological polar surface area (TPSA) is 131 Å². The van der Waals surface area contributed by atoms with E-state index in [2.05, 4.69) is 19.2 Å². The fourth-order valence-electron chi connectivity index (χ4n) is 5.25. The number of unbranched alkanes of at least 4 members (excludes halogenated alkanes) is 21. The van der Waals surface area contributed by atoms with Gasteiger partial charge in [-0.15, -0.1) is 0 Å². The number of aliphatic hydroxyl groups is 1. The minimum absolute atomic E-state index is 0.0918. The minimum atomic E-state index is -4.29. The number of rotatable bonds is 33. The van der Waals surface area contributed by atoms with Crippen LogP contribution in [0.2, 0.25) is 0 Å². The smallest absolute Gasteiger partial charge is 0.391 e. The normalized spacial score (nSPS) is 14.5. The third-order valence-electron chi connectivity index (χ3n) is 7.96. The molecule has 252 valence electrons. The molecule has 0 bridgehead atoms. The second kappa shape index (κ2) is 30.5. The molecule has 5 N–H and O–H groups in total. The van der Waals surface area contributed by atoms with Gasteiger partial charge in [0.05, 0.1) is 25.4 Å². The quantitative estimate of drug-likeness (QED) is 0.0426. The van der Waals surface area contributed by atoms with Gasteiger partial charge in [-0.3, -0.25) is 13.8 Å². The zero-order valence-corrected chi connectivity index (χ0v) is 28.4. The summed E-state index contributed by atoms with van der Waals surface area (Å²) in [5.74, 6) is -0.163. The Labute approximate surface area is 259 Å². The maximum atomic E-state index is 12.6. The van der Waals surface area contributed by atoms with Gasteiger partial charge in [0.25, 0.3) is 0 Å². The van der Waals surface area contributed by atoms with E-state index in [1.165, 1.54) is 109 Å². The van der Waals surface area contributed by atoms with Crippen LogP contribution in [0.5, 0.6) is 0 Å². The number of nitrogens with one attached hydrogen (secondary N) is 1. The Hall–Kier alpha value is -0.500. The van der Waals surface area contributed by atoms with E-state index in [-0.39, 0.29) is 25.7 Å². The Kier molecular flexibility index (Phi) is 30.2. The van der Waals surface area contributed by atoms with Crippen molar-refractivity contribution >= 4 is 13.7 Å². The Morgan fingerprint density at radius 3 is 1.52 bits per heavy atom. The monoisotopic (exact) mass is 620 g/mol. The van der Waals surface area contributed by atoms with E-state index in [1.807, 2.05) is 0 Å². The Balaban J connectivity index is 4.23. The first-order valence-electron chi connectivity index (χ1n) is 17.7. The minimum Gasteiger partial charge on any atom is -0.391 e. The van der Waals surface area contributed by atoms with Crippen molar-refractivity contribution in [2.45, 2.75) is 187 Å². The molecule has 0 rings (SSSR count). The predicted molar refractivity (Wildman–Crippen MR) is 175 cm³/mol. The van der Waals surface area contributed by atoms with Crippen molar-refractivity contribution in [3.8, 4) is 0 Å². The highest BCUT2D eigenvalue weighted by molar-refractivity contribution is 7.47. The van der Waals surface area contributed by atoms with Gasteiger partial charge < -0.3 is 21.1 Å². The molecule has 0 fully saturated rings. The van der Waals surface area contributed by atoms with Gasteiger partial charge in [-0.25, -0.2) is 4.57 Å². The Morgan fingerprint density at radius 1 is 0.690 bits per heavy atom. The number of phosphoric acid groups is 1. The Bertz CT molecular complexity index is 640. The third kappa shape index (κ3) is 28.3. The SMILES string of the molecule is CCCCCCCCCCCCCCCCC(=O)N[C@@H](COP(=O)(O)OCCN)[C@H](O)CCCCCCCCCCC. The van der Waals surface area contributed by atoms with E-state index in [0.717, 1.165) is 38.5 Å². The molecular weight excluding hydrogens is 551 g/mol. The fraction of sp³-hybridized carbons (Fsp3) is 0.970. The second-order valence-electron chi connectivity index (χ2n) is 12.1. The summed E-state index contributed by atoms with van der Waals surface area (Å²) in [7, 11) is -4.29. The van der Waals surface area contributed by atoms with Gasteiger partial charge in [0.15, 0.2) is 0 Å². The molecule has 1 unspecified atom stereocenters. The molecule has 0 spiro atoms. The molecule has 0 saturated heterocycles. The maximum Gasteiger partial charge on any atom is 0.472 e. The first kappa shape index (κ1) is 41.5. The summed E-state index contributed by atoms with van der Waals surface area (Å²) < 4.78 is 22.0. The van der Waals surface area contributed by atoms with Crippen LogP contribution >= 0.6 is 7.82 Å². The Morgan fingerprint density at radius 2 is 1.10 bits per heavy atom. The molecule has 3 atom stereocenters. The number of nitrogens with two attached hydrogens (primary N) is 1. The molecule has 0 aliphatic heterocycles. The number of amides is 1. The number of carbonyl (C=O) groups excluding carboxylic acids is 1. The summed E-state index contributed by atoms with van der Waals surface area (Å²) in [6.07, 6.45) is 28.2. The van der Waals surface area contributed by atoms with Gasteiger partial charge in [0, 0.05) is 13.0 Å². The number of phosphoric ester groups is 1. The number of aliphatic hydroxyl groups excluding tert-OH is 1. The zero-order valence-electron chi connectivity index (χ0n) is 27.5. The molecule has 8 nitrogen and oxygen atoms in total. The van der Waals surface area contributed by atoms with Crippen LogP contribution in [0.1, 0.15) is 174 Å². The van der Waals surface area contributed by atoms with Crippen LogP contribution in [-0.2, 0) is 18.4 Å². The molecule has 0 radical (unpaired) electrons. The largest absolute Gasteiger partial charge is 0.472 e. The van der Waals surface area contributed by atoms with Crippen molar-refractivity contribution in [3.63, 3.8) is 0 Å². The summed E-state index contributed by atoms with van der Waals surface area (Å²) in [6, 6.07) is -0.764. The van der Waals surface area contributed by atoms with E-state index in [1.54, 1.807) is 0 Å². The molecule has 0 aromatic carbocycles. The van der Waals surface area contributed by atoms with E-state index >= 15 is 0 Å². The fourth-order valence-corrected chi connectivity index (χ4v) is 6.01. The summed E-state index contributed by atoms with van der Waals surface area (Å²) >= 11 is 0. The van der Waals surface area contributed by atoms with Crippen LogP contribution in [-0.4, -0.2) is 47.8 Å². The lowest BCUT2D eigenvalue weighted by Crippen LogP contribution is -2.46. The van der Waals surface area contributed by atoms with Crippen molar-refractivity contribution in [2.24, 2.45) is 5.73 Å². The lowest BCUT2D eigenvalue weighted by atomic mass is 10.0. The lowest BCUT2D eigenvalue weighted by Gasteiger charge is -2.25. The van der Waals surface area contributed by atoms with E-state index in [9.17, 15) is 19.4 Å². The number of carbonyl (C=O) groups is 1. The van der Waals surface area contributed by atoms with Gasteiger partial charge in [-0.2, -0.15) is 0 Å². The van der Waals surface area contributed by atoms with E-state index in [4.69, 9.17) is 14.8 Å². The number of hydrogen-bond acceptors (Lipinski definition) is 6. The summed E-state index contributed by atoms with van der Waals surface area (Å²) in [6.45, 7) is 4.17. The first-order valence-corrected chi connectivity index (χ1v) is 19.1.